The molecule has 5 heteroatoms. The molecule has 0 aromatic carbocycles. The molecule has 0 spiro atoms. The number of carbonyl (C=O) groups is 1. The standard InChI is InChI=1S/C11H18N2O3/c1-4-5-16-13-10-7-12-9(6-8(10)2)11(14)15-3/h4,6,9-10,12-13H,1,5,7H2,2-3H3/t9-,10+/m1/s1. The second kappa shape index (κ2) is 6.42. The van der Waals surface area contributed by atoms with Gasteiger partial charge in [0.05, 0.1) is 19.8 Å². The third kappa shape index (κ3) is 3.44. The topological polar surface area (TPSA) is 59.6 Å². The van der Waals surface area contributed by atoms with Gasteiger partial charge in [-0.3, -0.25) is 14.9 Å². The van der Waals surface area contributed by atoms with Crippen LogP contribution in [0.15, 0.2) is 24.3 Å². The summed E-state index contributed by atoms with van der Waals surface area (Å²) in [7, 11) is 1.38. The molecule has 0 saturated heterocycles. The summed E-state index contributed by atoms with van der Waals surface area (Å²) >= 11 is 0. The zero-order chi connectivity index (χ0) is 12.0. The van der Waals surface area contributed by atoms with Gasteiger partial charge in [0.1, 0.15) is 6.04 Å². The molecular formula is C11H18N2O3. The first-order valence-corrected chi connectivity index (χ1v) is 5.16. The lowest BCUT2D eigenvalue weighted by Crippen LogP contribution is -2.49. The number of hydrogen-bond donors (Lipinski definition) is 2. The summed E-state index contributed by atoms with van der Waals surface area (Å²) in [5, 5.41) is 3.06. The van der Waals surface area contributed by atoms with Gasteiger partial charge in [-0.1, -0.05) is 17.7 Å². The Kier molecular flexibility index (Phi) is 5.18. The van der Waals surface area contributed by atoms with Crippen LogP contribution in [-0.4, -0.2) is 38.3 Å². The van der Waals surface area contributed by atoms with E-state index in [1.54, 1.807) is 6.08 Å². The fourth-order valence-electron chi connectivity index (χ4n) is 1.46. The van der Waals surface area contributed by atoms with Gasteiger partial charge in [-0.15, -0.1) is 6.58 Å². The van der Waals surface area contributed by atoms with E-state index in [-0.39, 0.29) is 18.1 Å². The van der Waals surface area contributed by atoms with Crippen LogP contribution in [0.1, 0.15) is 6.92 Å². The van der Waals surface area contributed by atoms with E-state index >= 15 is 0 Å². The minimum atomic E-state index is -0.359. The molecule has 0 aromatic rings. The molecule has 0 aromatic heterocycles. The van der Waals surface area contributed by atoms with Crippen molar-refractivity contribution in [2.24, 2.45) is 0 Å². The van der Waals surface area contributed by atoms with E-state index in [1.807, 2.05) is 13.0 Å². The van der Waals surface area contributed by atoms with E-state index in [0.717, 1.165) is 5.57 Å². The Balaban J connectivity index is 2.48. The average Bonchev–Trinajstić information content (AvgIpc) is 2.30. The Morgan fingerprint density at radius 1 is 1.81 bits per heavy atom. The zero-order valence-corrected chi connectivity index (χ0v) is 9.66. The van der Waals surface area contributed by atoms with Crippen LogP contribution >= 0.6 is 0 Å². The normalized spacial score (nSPS) is 24.8. The number of hydroxylamine groups is 1. The molecule has 5 nitrogen and oxygen atoms in total. The molecule has 0 saturated carbocycles. The number of nitrogens with one attached hydrogen (secondary N) is 2. The number of ether oxygens (including phenoxy) is 1. The number of carbonyl (C=O) groups excluding carboxylic acids is 1. The van der Waals surface area contributed by atoms with Gasteiger partial charge in [-0.2, -0.15) is 5.48 Å². The maximum Gasteiger partial charge on any atom is 0.326 e. The Morgan fingerprint density at radius 3 is 3.12 bits per heavy atom. The molecule has 0 fully saturated rings. The smallest absolute Gasteiger partial charge is 0.326 e. The van der Waals surface area contributed by atoms with Crippen LogP contribution in [0.25, 0.3) is 0 Å². The Morgan fingerprint density at radius 2 is 2.56 bits per heavy atom. The van der Waals surface area contributed by atoms with Crippen molar-refractivity contribution in [1.82, 2.24) is 10.8 Å². The molecule has 0 aliphatic carbocycles. The van der Waals surface area contributed by atoms with Gasteiger partial charge in [0.2, 0.25) is 0 Å². The Bertz CT molecular complexity index is 289. The highest BCUT2D eigenvalue weighted by Gasteiger charge is 2.24. The first kappa shape index (κ1) is 12.9. The molecular weight excluding hydrogens is 208 g/mol. The summed E-state index contributed by atoms with van der Waals surface area (Å²) < 4.78 is 4.66. The highest BCUT2D eigenvalue weighted by Crippen LogP contribution is 2.09. The van der Waals surface area contributed by atoms with Crippen molar-refractivity contribution >= 4 is 5.97 Å². The van der Waals surface area contributed by atoms with E-state index < -0.39 is 0 Å². The quantitative estimate of drug-likeness (QED) is 0.302. The predicted octanol–water partition coefficient (Wildman–Crippen LogP) is 0.153. The maximum atomic E-state index is 11.3. The first-order valence-electron chi connectivity index (χ1n) is 5.16. The van der Waals surface area contributed by atoms with Crippen molar-refractivity contribution in [3.05, 3.63) is 24.3 Å². The van der Waals surface area contributed by atoms with E-state index in [0.29, 0.717) is 13.2 Å². The molecule has 0 radical (unpaired) electrons. The van der Waals surface area contributed by atoms with Gasteiger partial charge in [-0.25, -0.2) is 0 Å². The fraction of sp³-hybridized carbons (Fsp3) is 0.545. The molecule has 2 N–H and O–H groups in total. The fourth-order valence-corrected chi connectivity index (χ4v) is 1.46. The van der Waals surface area contributed by atoms with E-state index in [4.69, 9.17) is 4.84 Å². The summed E-state index contributed by atoms with van der Waals surface area (Å²) in [5.74, 6) is -0.273. The molecule has 0 unspecified atom stereocenters. The highest BCUT2D eigenvalue weighted by molar-refractivity contribution is 5.78. The Labute approximate surface area is 95.4 Å². The van der Waals surface area contributed by atoms with Crippen molar-refractivity contribution in [2.75, 3.05) is 20.3 Å². The molecule has 1 rings (SSSR count). The van der Waals surface area contributed by atoms with Gasteiger partial charge in [0.15, 0.2) is 0 Å². The molecule has 2 atom stereocenters. The average molecular weight is 226 g/mol. The van der Waals surface area contributed by atoms with Crippen LogP contribution < -0.4 is 10.8 Å². The summed E-state index contributed by atoms with van der Waals surface area (Å²) in [6.45, 7) is 6.58. The van der Waals surface area contributed by atoms with Crippen LogP contribution in [-0.2, 0) is 14.4 Å². The summed E-state index contributed by atoms with van der Waals surface area (Å²) in [5.41, 5.74) is 3.95. The van der Waals surface area contributed by atoms with Gasteiger partial charge in [-0.05, 0) is 6.92 Å². The third-order valence-electron chi connectivity index (χ3n) is 2.40. The van der Waals surface area contributed by atoms with Crippen LogP contribution in [0.2, 0.25) is 0 Å². The molecule has 0 amide bonds. The van der Waals surface area contributed by atoms with Crippen LogP contribution in [0.3, 0.4) is 0 Å². The largest absolute Gasteiger partial charge is 0.468 e. The highest BCUT2D eigenvalue weighted by atomic mass is 16.6. The van der Waals surface area contributed by atoms with Gasteiger partial charge < -0.3 is 4.74 Å². The Hall–Kier alpha value is -1.17. The van der Waals surface area contributed by atoms with Gasteiger partial charge in [0.25, 0.3) is 0 Å². The third-order valence-corrected chi connectivity index (χ3v) is 2.40. The second-order valence-electron chi connectivity index (χ2n) is 3.59. The summed E-state index contributed by atoms with van der Waals surface area (Å²) in [4.78, 5) is 16.4. The molecule has 0 bridgehead atoms. The second-order valence-corrected chi connectivity index (χ2v) is 3.59. The summed E-state index contributed by atoms with van der Waals surface area (Å²) in [6.07, 6.45) is 3.50. The van der Waals surface area contributed by atoms with Gasteiger partial charge in [0, 0.05) is 6.54 Å². The number of rotatable bonds is 5. The molecule has 16 heavy (non-hydrogen) atoms. The minimum absolute atomic E-state index is 0.0702. The molecule has 90 valence electrons. The molecule has 1 aliphatic rings. The van der Waals surface area contributed by atoms with Crippen molar-refractivity contribution in [2.45, 2.75) is 19.0 Å². The zero-order valence-electron chi connectivity index (χ0n) is 9.66. The van der Waals surface area contributed by atoms with Gasteiger partial charge >= 0.3 is 5.97 Å². The van der Waals surface area contributed by atoms with Crippen LogP contribution in [0.4, 0.5) is 0 Å². The lowest BCUT2D eigenvalue weighted by atomic mass is 10.0. The maximum absolute atomic E-state index is 11.3. The summed E-state index contributed by atoms with van der Waals surface area (Å²) in [6, 6.07) is -0.289. The van der Waals surface area contributed by atoms with Crippen LogP contribution in [0.5, 0.6) is 0 Å². The minimum Gasteiger partial charge on any atom is -0.468 e. The first-order chi connectivity index (χ1) is 7.69. The van der Waals surface area contributed by atoms with Crippen molar-refractivity contribution in [3.8, 4) is 0 Å². The SMILES string of the molecule is C=CCON[C@H]1CN[C@@H](C(=O)OC)C=C1C. The van der Waals surface area contributed by atoms with Crippen molar-refractivity contribution in [1.29, 1.82) is 0 Å². The number of esters is 1. The molecule has 1 aliphatic heterocycles. The van der Waals surface area contributed by atoms with Crippen molar-refractivity contribution < 1.29 is 14.4 Å². The van der Waals surface area contributed by atoms with E-state index in [9.17, 15) is 4.79 Å². The van der Waals surface area contributed by atoms with Crippen LogP contribution in [0, 0.1) is 0 Å². The lowest BCUT2D eigenvalue weighted by molar-refractivity contribution is -0.142. The number of hydrogen-bond acceptors (Lipinski definition) is 5. The van der Waals surface area contributed by atoms with E-state index in [2.05, 4.69) is 22.1 Å². The molecule has 1 heterocycles. The predicted molar refractivity (Wildman–Crippen MR) is 60.6 cm³/mol. The monoisotopic (exact) mass is 226 g/mol. The lowest BCUT2D eigenvalue weighted by Gasteiger charge is -2.27. The number of methoxy groups -OCH3 is 1. The van der Waals surface area contributed by atoms with E-state index in [1.165, 1.54) is 7.11 Å². The van der Waals surface area contributed by atoms with Crippen molar-refractivity contribution in [3.63, 3.8) is 0 Å².